The molecule has 0 spiro atoms. The molecule has 0 aromatic carbocycles. The first-order valence-corrected chi connectivity index (χ1v) is 9.26. The third-order valence-corrected chi connectivity index (χ3v) is 6.21. The highest BCUT2D eigenvalue weighted by Crippen LogP contribution is 2.28. The Labute approximate surface area is 134 Å². The SMILES string of the molecule is CCCn1cc(S(=O)(=O)N(C)C(C)C(C)(C)C)cc1CCl. The van der Waals surface area contributed by atoms with E-state index in [1.807, 2.05) is 32.3 Å². The van der Waals surface area contributed by atoms with E-state index in [4.69, 9.17) is 11.6 Å². The summed E-state index contributed by atoms with van der Waals surface area (Å²) in [6.07, 6.45) is 2.63. The van der Waals surface area contributed by atoms with E-state index < -0.39 is 10.0 Å². The van der Waals surface area contributed by atoms with Gasteiger partial charge in [0.15, 0.2) is 0 Å². The van der Waals surface area contributed by atoms with E-state index in [1.54, 1.807) is 19.3 Å². The standard InChI is InChI=1S/C15H27ClN2O2S/c1-7-8-18-11-14(9-13(18)10-16)21(19,20)17(6)12(2)15(3,4)5/h9,11-12H,7-8,10H2,1-6H3. The minimum Gasteiger partial charge on any atom is -0.349 e. The molecule has 0 N–H and O–H groups in total. The van der Waals surface area contributed by atoms with Crippen LogP contribution < -0.4 is 0 Å². The van der Waals surface area contributed by atoms with E-state index in [0.717, 1.165) is 18.7 Å². The molecule has 0 fully saturated rings. The monoisotopic (exact) mass is 334 g/mol. The van der Waals surface area contributed by atoms with Gasteiger partial charge in [-0.3, -0.25) is 0 Å². The molecular weight excluding hydrogens is 308 g/mol. The second kappa shape index (κ2) is 6.71. The number of hydrogen-bond acceptors (Lipinski definition) is 2. The molecule has 0 aliphatic carbocycles. The molecular formula is C15H27ClN2O2S. The van der Waals surface area contributed by atoms with Crippen LogP contribution in [0.3, 0.4) is 0 Å². The van der Waals surface area contributed by atoms with Crippen LogP contribution in [0.4, 0.5) is 0 Å². The van der Waals surface area contributed by atoms with Crippen molar-refractivity contribution in [3.05, 3.63) is 18.0 Å². The fourth-order valence-corrected chi connectivity index (χ4v) is 3.99. The molecule has 0 saturated heterocycles. The largest absolute Gasteiger partial charge is 0.349 e. The normalized spacial score (nSPS) is 14.7. The molecule has 1 atom stereocenters. The number of halogens is 1. The molecule has 0 amide bonds. The third-order valence-electron chi connectivity index (χ3n) is 4.04. The first kappa shape index (κ1) is 18.5. The van der Waals surface area contributed by atoms with Crippen LogP contribution in [0.2, 0.25) is 0 Å². The maximum Gasteiger partial charge on any atom is 0.244 e. The van der Waals surface area contributed by atoms with Crippen molar-refractivity contribution in [2.24, 2.45) is 5.41 Å². The molecule has 0 aliphatic rings. The molecule has 6 heteroatoms. The van der Waals surface area contributed by atoms with Gasteiger partial charge in [0, 0.05) is 31.5 Å². The number of aryl methyl sites for hydroxylation is 1. The third kappa shape index (κ3) is 4.02. The highest BCUT2D eigenvalue weighted by Gasteiger charge is 2.33. The predicted molar refractivity (Wildman–Crippen MR) is 88.1 cm³/mol. The number of aromatic nitrogens is 1. The van der Waals surface area contributed by atoms with Crippen LogP contribution in [0, 0.1) is 5.41 Å². The zero-order chi connectivity index (χ0) is 16.4. The smallest absolute Gasteiger partial charge is 0.244 e. The molecule has 1 unspecified atom stereocenters. The van der Waals surface area contributed by atoms with Crippen molar-refractivity contribution in [3.8, 4) is 0 Å². The fraction of sp³-hybridized carbons (Fsp3) is 0.733. The van der Waals surface area contributed by atoms with Crippen molar-refractivity contribution in [1.82, 2.24) is 8.87 Å². The highest BCUT2D eigenvalue weighted by atomic mass is 35.5. The second-order valence-electron chi connectivity index (χ2n) is 6.56. The van der Waals surface area contributed by atoms with E-state index in [9.17, 15) is 8.42 Å². The summed E-state index contributed by atoms with van der Waals surface area (Å²) >= 11 is 5.92. The van der Waals surface area contributed by atoms with Crippen molar-refractivity contribution >= 4 is 21.6 Å². The quantitative estimate of drug-likeness (QED) is 0.744. The first-order chi connectivity index (χ1) is 9.55. The summed E-state index contributed by atoms with van der Waals surface area (Å²) in [5.74, 6) is 0.314. The molecule has 21 heavy (non-hydrogen) atoms. The van der Waals surface area contributed by atoms with Gasteiger partial charge in [0.25, 0.3) is 0 Å². The van der Waals surface area contributed by atoms with Gasteiger partial charge < -0.3 is 4.57 Å². The van der Waals surface area contributed by atoms with Crippen molar-refractivity contribution in [1.29, 1.82) is 0 Å². The number of alkyl halides is 1. The van der Waals surface area contributed by atoms with Crippen LogP contribution in [-0.4, -0.2) is 30.4 Å². The fourth-order valence-electron chi connectivity index (χ4n) is 2.15. The lowest BCUT2D eigenvalue weighted by Gasteiger charge is -2.34. The van der Waals surface area contributed by atoms with Gasteiger partial charge in [-0.05, 0) is 24.8 Å². The second-order valence-corrected chi connectivity index (χ2v) is 8.82. The summed E-state index contributed by atoms with van der Waals surface area (Å²) in [5.41, 5.74) is 0.720. The molecule has 0 saturated carbocycles. The summed E-state index contributed by atoms with van der Waals surface area (Å²) in [4.78, 5) is 0.324. The van der Waals surface area contributed by atoms with Crippen LogP contribution in [0.25, 0.3) is 0 Å². The van der Waals surface area contributed by atoms with Gasteiger partial charge in [-0.2, -0.15) is 4.31 Å². The van der Waals surface area contributed by atoms with E-state index in [-0.39, 0.29) is 11.5 Å². The van der Waals surface area contributed by atoms with Crippen molar-refractivity contribution in [3.63, 3.8) is 0 Å². The minimum absolute atomic E-state index is 0.100. The molecule has 1 aromatic heterocycles. The van der Waals surface area contributed by atoms with E-state index in [2.05, 4.69) is 6.92 Å². The maximum absolute atomic E-state index is 12.8. The molecule has 4 nitrogen and oxygen atoms in total. The van der Waals surface area contributed by atoms with E-state index in [1.165, 1.54) is 4.31 Å². The lowest BCUT2D eigenvalue weighted by atomic mass is 9.88. The van der Waals surface area contributed by atoms with Gasteiger partial charge >= 0.3 is 0 Å². The summed E-state index contributed by atoms with van der Waals surface area (Å²) in [7, 11) is -1.86. The number of rotatable bonds is 6. The molecule has 1 aromatic rings. The van der Waals surface area contributed by atoms with Gasteiger partial charge in [0.1, 0.15) is 4.90 Å². The molecule has 122 valence electrons. The van der Waals surface area contributed by atoms with Crippen molar-refractivity contribution < 1.29 is 8.42 Å². The van der Waals surface area contributed by atoms with Crippen molar-refractivity contribution in [2.45, 2.75) is 64.4 Å². The average Bonchev–Trinajstić information content (AvgIpc) is 2.80. The number of sulfonamides is 1. The zero-order valence-electron chi connectivity index (χ0n) is 13.9. The Bertz CT molecular complexity index is 573. The Kier molecular flexibility index (Phi) is 5.92. The van der Waals surface area contributed by atoms with Gasteiger partial charge in [-0.15, -0.1) is 11.6 Å². The van der Waals surface area contributed by atoms with E-state index in [0.29, 0.717) is 10.8 Å². The van der Waals surface area contributed by atoms with Crippen LogP contribution >= 0.6 is 11.6 Å². The Morgan fingerprint density at radius 2 is 1.95 bits per heavy atom. The number of hydrogen-bond donors (Lipinski definition) is 0. The first-order valence-electron chi connectivity index (χ1n) is 7.28. The topological polar surface area (TPSA) is 42.3 Å². The van der Waals surface area contributed by atoms with Gasteiger partial charge in [0.2, 0.25) is 10.0 Å². The lowest BCUT2D eigenvalue weighted by Crippen LogP contribution is -2.42. The van der Waals surface area contributed by atoms with Gasteiger partial charge in [-0.25, -0.2) is 8.42 Å². The molecule has 0 aliphatic heterocycles. The summed E-state index contributed by atoms with van der Waals surface area (Å²) in [6, 6.07) is 1.58. The average molecular weight is 335 g/mol. The summed E-state index contributed by atoms with van der Waals surface area (Å²) in [6.45, 7) is 10.9. The van der Waals surface area contributed by atoms with Gasteiger partial charge in [0.05, 0.1) is 5.88 Å². The van der Waals surface area contributed by atoms with Crippen molar-refractivity contribution in [2.75, 3.05) is 7.05 Å². The molecule has 1 rings (SSSR count). The molecule has 0 radical (unpaired) electrons. The molecule has 1 heterocycles. The Hall–Kier alpha value is -0.520. The van der Waals surface area contributed by atoms with E-state index >= 15 is 0 Å². The summed E-state index contributed by atoms with van der Waals surface area (Å²) < 4.78 is 28.9. The van der Waals surface area contributed by atoms with Crippen LogP contribution in [0.1, 0.15) is 46.7 Å². The van der Waals surface area contributed by atoms with Gasteiger partial charge in [-0.1, -0.05) is 27.7 Å². The maximum atomic E-state index is 12.8. The minimum atomic E-state index is -3.50. The number of nitrogens with zero attached hydrogens (tertiary/aromatic N) is 2. The Balaban J connectivity index is 3.19. The molecule has 0 bridgehead atoms. The highest BCUT2D eigenvalue weighted by molar-refractivity contribution is 7.89. The van der Waals surface area contributed by atoms with Crippen LogP contribution in [0.5, 0.6) is 0 Å². The van der Waals surface area contributed by atoms with Crippen LogP contribution in [-0.2, 0) is 22.4 Å². The Morgan fingerprint density at radius 3 is 2.38 bits per heavy atom. The summed E-state index contributed by atoms with van der Waals surface area (Å²) in [5, 5.41) is 0. The zero-order valence-corrected chi connectivity index (χ0v) is 15.4. The van der Waals surface area contributed by atoms with Crippen LogP contribution in [0.15, 0.2) is 17.2 Å². The predicted octanol–water partition coefficient (Wildman–Crippen LogP) is 3.69. The lowest BCUT2D eigenvalue weighted by molar-refractivity contribution is 0.216. The Morgan fingerprint density at radius 1 is 1.38 bits per heavy atom.